The lowest BCUT2D eigenvalue weighted by Gasteiger charge is -2.05. The average molecular weight is 304 g/mol. The van der Waals surface area contributed by atoms with E-state index in [9.17, 15) is 9.59 Å². The Labute approximate surface area is 126 Å². The zero-order valence-electron chi connectivity index (χ0n) is 11.6. The molecular formula is C15H16N2O3S. The van der Waals surface area contributed by atoms with Gasteiger partial charge in [0.05, 0.1) is 13.0 Å². The SMILES string of the molecule is CCc1cccc(CC(=O)NCc2nc(C(=O)O)cs2)c1. The van der Waals surface area contributed by atoms with Gasteiger partial charge in [-0.15, -0.1) is 11.3 Å². The first kappa shape index (κ1) is 15.2. The second kappa shape index (κ2) is 6.99. The van der Waals surface area contributed by atoms with Gasteiger partial charge in [0.15, 0.2) is 5.69 Å². The lowest BCUT2D eigenvalue weighted by Crippen LogP contribution is -2.24. The maximum atomic E-state index is 11.9. The monoisotopic (exact) mass is 304 g/mol. The van der Waals surface area contributed by atoms with Crippen molar-refractivity contribution in [3.8, 4) is 0 Å². The number of benzene rings is 1. The van der Waals surface area contributed by atoms with Crippen molar-refractivity contribution in [1.29, 1.82) is 0 Å². The molecule has 0 atom stereocenters. The average Bonchev–Trinajstić information content (AvgIpc) is 2.94. The van der Waals surface area contributed by atoms with E-state index in [-0.39, 0.29) is 18.1 Å². The molecule has 21 heavy (non-hydrogen) atoms. The molecule has 0 fully saturated rings. The number of carboxylic acid groups (broad SMARTS) is 1. The molecule has 0 unspecified atom stereocenters. The van der Waals surface area contributed by atoms with Gasteiger partial charge in [0.25, 0.3) is 0 Å². The van der Waals surface area contributed by atoms with E-state index in [4.69, 9.17) is 5.11 Å². The third-order valence-corrected chi connectivity index (χ3v) is 3.82. The molecule has 2 N–H and O–H groups in total. The number of nitrogens with one attached hydrogen (secondary N) is 1. The number of aromatic carboxylic acids is 1. The van der Waals surface area contributed by atoms with Crippen molar-refractivity contribution in [3.05, 3.63) is 51.5 Å². The van der Waals surface area contributed by atoms with Crippen LogP contribution in [0.15, 0.2) is 29.6 Å². The van der Waals surface area contributed by atoms with Gasteiger partial charge >= 0.3 is 5.97 Å². The zero-order valence-corrected chi connectivity index (χ0v) is 12.4. The van der Waals surface area contributed by atoms with Gasteiger partial charge in [-0.05, 0) is 17.5 Å². The number of hydrogen-bond acceptors (Lipinski definition) is 4. The van der Waals surface area contributed by atoms with Gasteiger partial charge in [-0.1, -0.05) is 31.2 Å². The summed E-state index contributed by atoms with van der Waals surface area (Å²) in [5.74, 6) is -1.16. The Morgan fingerprint density at radius 3 is 2.76 bits per heavy atom. The Balaban J connectivity index is 1.87. The number of carbonyl (C=O) groups is 2. The van der Waals surface area contributed by atoms with Crippen molar-refractivity contribution in [2.75, 3.05) is 0 Å². The van der Waals surface area contributed by atoms with E-state index in [0.717, 1.165) is 12.0 Å². The van der Waals surface area contributed by atoms with Crippen molar-refractivity contribution in [2.24, 2.45) is 0 Å². The normalized spacial score (nSPS) is 10.3. The van der Waals surface area contributed by atoms with Gasteiger partial charge in [0.2, 0.25) is 5.91 Å². The summed E-state index contributed by atoms with van der Waals surface area (Å²) in [4.78, 5) is 26.5. The van der Waals surface area contributed by atoms with Gasteiger partial charge in [-0.2, -0.15) is 0 Å². The molecular weight excluding hydrogens is 288 g/mol. The van der Waals surface area contributed by atoms with Gasteiger partial charge in [-0.25, -0.2) is 9.78 Å². The predicted molar refractivity (Wildman–Crippen MR) is 80.4 cm³/mol. The Bertz CT molecular complexity index is 652. The fourth-order valence-corrected chi connectivity index (χ4v) is 2.58. The maximum absolute atomic E-state index is 11.9. The van der Waals surface area contributed by atoms with Crippen LogP contribution in [0.25, 0.3) is 0 Å². The molecule has 1 aromatic carbocycles. The quantitative estimate of drug-likeness (QED) is 0.858. The third kappa shape index (κ3) is 4.39. The van der Waals surface area contributed by atoms with Crippen LogP contribution in [0.5, 0.6) is 0 Å². The predicted octanol–water partition coefficient (Wildman–Crippen LogP) is 2.26. The number of rotatable bonds is 6. The van der Waals surface area contributed by atoms with Gasteiger partial charge in [0.1, 0.15) is 5.01 Å². The van der Waals surface area contributed by atoms with Gasteiger partial charge in [0, 0.05) is 5.38 Å². The fraction of sp³-hybridized carbons (Fsp3) is 0.267. The first-order chi connectivity index (χ1) is 10.1. The summed E-state index contributed by atoms with van der Waals surface area (Å²) in [5.41, 5.74) is 2.18. The largest absolute Gasteiger partial charge is 0.476 e. The Morgan fingerprint density at radius 1 is 1.33 bits per heavy atom. The second-order valence-corrected chi connectivity index (χ2v) is 5.50. The van der Waals surface area contributed by atoms with Crippen LogP contribution >= 0.6 is 11.3 Å². The molecule has 1 amide bonds. The molecule has 0 bridgehead atoms. The van der Waals surface area contributed by atoms with Gasteiger partial charge in [-0.3, -0.25) is 4.79 Å². The molecule has 0 aliphatic heterocycles. The highest BCUT2D eigenvalue weighted by Gasteiger charge is 2.10. The molecule has 0 aliphatic rings. The van der Waals surface area contributed by atoms with E-state index in [1.807, 2.05) is 24.3 Å². The van der Waals surface area contributed by atoms with Gasteiger partial charge < -0.3 is 10.4 Å². The highest BCUT2D eigenvalue weighted by Crippen LogP contribution is 2.10. The van der Waals surface area contributed by atoms with E-state index in [0.29, 0.717) is 11.4 Å². The summed E-state index contributed by atoms with van der Waals surface area (Å²) >= 11 is 1.23. The summed E-state index contributed by atoms with van der Waals surface area (Å²) in [6.07, 6.45) is 1.25. The highest BCUT2D eigenvalue weighted by molar-refractivity contribution is 7.09. The van der Waals surface area contributed by atoms with E-state index < -0.39 is 5.97 Å². The van der Waals surface area contributed by atoms with Crippen LogP contribution < -0.4 is 5.32 Å². The van der Waals surface area contributed by atoms with Crippen LogP contribution in [-0.4, -0.2) is 22.0 Å². The van der Waals surface area contributed by atoms with Crippen LogP contribution in [0.1, 0.15) is 33.5 Å². The Morgan fingerprint density at radius 2 is 2.10 bits per heavy atom. The molecule has 5 nitrogen and oxygen atoms in total. The molecule has 2 rings (SSSR count). The lowest BCUT2D eigenvalue weighted by atomic mass is 10.1. The molecule has 2 aromatic rings. The van der Waals surface area contributed by atoms with Crippen molar-refractivity contribution in [3.63, 3.8) is 0 Å². The number of hydrogen-bond donors (Lipinski definition) is 2. The fourth-order valence-electron chi connectivity index (χ4n) is 1.87. The first-order valence-corrected chi connectivity index (χ1v) is 7.48. The molecule has 1 aromatic heterocycles. The summed E-state index contributed by atoms with van der Waals surface area (Å²) in [7, 11) is 0. The molecule has 1 heterocycles. The van der Waals surface area contributed by atoms with Crippen molar-refractivity contribution in [1.82, 2.24) is 10.3 Å². The van der Waals surface area contributed by atoms with E-state index in [1.54, 1.807) is 0 Å². The number of aromatic nitrogens is 1. The second-order valence-electron chi connectivity index (χ2n) is 4.56. The third-order valence-electron chi connectivity index (χ3n) is 2.97. The number of nitrogens with zero attached hydrogens (tertiary/aromatic N) is 1. The molecule has 0 saturated carbocycles. The van der Waals surface area contributed by atoms with Crippen LogP contribution in [0.3, 0.4) is 0 Å². The number of carbonyl (C=O) groups excluding carboxylic acids is 1. The molecule has 0 radical (unpaired) electrons. The topological polar surface area (TPSA) is 79.3 Å². The molecule has 0 spiro atoms. The lowest BCUT2D eigenvalue weighted by molar-refractivity contribution is -0.120. The van der Waals surface area contributed by atoms with E-state index in [1.165, 1.54) is 22.3 Å². The highest BCUT2D eigenvalue weighted by atomic mass is 32.1. The molecule has 0 aliphatic carbocycles. The number of thiazole rings is 1. The van der Waals surface area contributed by atoms with Crippen LogP contribution in [0, 0.1) is 0 Å². The summed E-state index contributed by atoms with van der Waals surface area (Å²) in [6, 6.07) is 7.92. The molecule has 0 saturated heterocycles. The smallest absolute Gasteiger partial charge is 0.355 e. The minimum atomic E-state index is -1.06. The van der Waals surface area contributed by atoms with Crippen LogP contribution in [0.4, 0.5) is 0 Å². The summed E-state index contributed by atoms with van der Waals surface area (Å²) < 4.78 is 0. The number of carboxylic acids is 1. The standard InChI is InChI=1S/C15H16N2O3S/c1-2-10-4-3-5-11(6-10)7-13(18)16-8-14-17-12(9-21-14)15(19)20/h3-6,9H,2,7-8H2,1H3,(H,16,18)(H,19,20). The molecule has 6 heteroatoms. The summed E-state index contributed by atoms with van der Waals surface area (Å²) in [6.45, 7) is 2.33. The Kier molecular flexibility index (Phi) is 5.05. The Hall–Kier alpha value is -2.21. The maximum Gasteiger partial charge on any atom is 0.355 e. The number of aryl methyl sites for hydroxylation is 1. The van der Waals surface area contributed by atoms with Crippen molar-refractivity contribution in [2.45, 2.75) is 26.3 Å². The first-order valence-electron chi connectivity index (χ1n) is 6.60. The number of amides is 1. The van der Waals surface area contributed by atoms with Crippen molar-refractivity contribution >= 4 is 23.2 Å². The van der Waals surface area contributed by atoms with Crippen LogP contribution in [0.2, 0.25) is 0 Å². The summed E-state index contributed by atoms with van der Waals surface area (Å²) in [5, 5.41) is 13.6. The zero-order chi connectivity index (χ0) is 15.2. The van der Waals surface area contributed by atoms with Crippen molar-refractivity contribution < 1.29 is 14.7 Å². The minimum Gasteiger partial charge on any atom is -0.476 e. The van der Waals surface area contributed by atoms with Crippen LogP contribution in [-0.2, 0) is 24.2 Å². The van der Waals surface area contributed by atoms with E-state index in [2.05, 4.69) is 17.2 Å². The minimum absolute atomic E-state index is 0.0138. The molecule has 110 valence electrons. The van der Waals surface area contributed by atoms with E-state index >= 15 is 0 Å².